The topological polar surface area (TPSA) is 73.0 Å². The monoisotopic (exact) mass is 409 g/mol. The number of carbonyl (C=O) groups excluding carboxylic acids is 1. The van der Waals surface area contributed by atoms with Crippen molar-refractivity contribution in [2.75, 3.05) is 18.8 Å². The molecule has 2 aliphatic heterocycles. The Balaban J connectivity index is 1.47. The third-order valence-corrected chi connectivity index (χ3v) is 6.89. The Morgan fingerprint density at radius 2 is 2.10 bits per heavy atom. The SMILES string of the molecule is CC1CCCN(C(=O)CC2CSc3nc4c(cnn4-c4ccccc4)c(=O)n32)C1. The first-order valence-electron chi connectivity index (χ1n) is 10.1. The highest BCUT2D eigenvalue weighted by Gasteiger charge is 2.31. The van der Waals surface area contributed by atoms with Gasteiger partial charge >= 0.3 is 0 Å². The lowest BCUT2D eigenvalue weighted by atomic mass is 10.00. The van der Waals surface area contributed by atoms with E-state index in [2.05, 4.69) is 12.0 Å². The molecule has 29 heavy (non-hydrogen) atoms. The van der Waals surface area contributed by atoms with Gasteiger partial charge in [-0.2, -0.15) is 5.10 Å². The molecule has 0 aliphatic carbocycles. The maximum atomic E-state index is 13.2. The lowest BCUT2D eigenvalue weighted by Crippen LogP contribution is -2.40. The second kappa shape index (κ2) is 7.33. The van der Waals surface area contributed by atoms with E-state index in [4.69, 9.17) is 4.98 Å². The van der Waals surface area contributed by atoms with Crippen molar-refractivity contribution in [1.29, 1.82) is 0 Å². The summed E-state index contributed by atoms with van der Waals surface area (Å²) in [4.78, 5) is 32.8. The van der Waals surface area contributed by atoms with Gasteiger partial charge in [-0.25, -0.2) is 9.67 Å². The number of rotatable bonds is 3. The molecule has 4 heterocycles. The van der Waals surface area contributed by atoms with Crippen molar-refractivity contribution in [2.24, 2.45) is 5.92 Å². The third kappa shape index (κ3) is 3.25. The number of carbonyl (C=O) groups is 1. The van der Waals surface area contributed by atoms with Crippen LogP contribution in [0.15, 0.2) is 46.5 Å². The number of thioether (sulfide) groups is 1. The average molecular weight is 410 g/mol. The summed E-state index contributed by atoms with van der Waals surface area (Å²) in [6.07, 6.45) is 4.17. The van der Waals surface area contributed by atoms with Gasteiger partial charge in [0.05, 0.1) is 17.9 Å². The van der Waals surface area contributed by atoms with Crippen LogP contribution in [0.2, 0.25) is 0 Å². The Labute approximate surface area is 172 Å². The molecular formula is C21H23N5O2S. The quantitative estimate of drug-likeness (QED) is 0.622. The van der Waals surface area contributed by atoms with Crippen LogP contribution in [0.4, 0.5) is 0 Å². The Kier molecular flexibility index (Phi) is 4.66. The van der Waals surface area contributed by atoms with Crippen LogP contribution < -0.4 is 5.56 Å². The predicted octanol–water partition coefficient (Wildman–Crippen LogP) is 2.88. The van der Waals surface area contributed by atoms with Crippen molar-refractivity contribution >= 4 is 28.7 Å². The largest absolute Gasteiger partial charge is 0.342 e. The van der Waals surface area contributed by atoms with Gasteiger partial charge in [0, 0.05) is 25.3 Å². The Morgan fingerprint density at radius 3 is 2.90 bits per heavy atom. The normalized spacial score (nSPS) is 21.5. The first-order chi connectivity index (χ1) is 14.1. The fourth-order valence-corrected chi connectivity index (χ4v) is 5.42. The van der Waals surface area contributed by atoms with Gasteiger partial charge in [0.1, 0.15) is 5.39 Å². The fourth-order valence-electron chi connectivity index (χ4n) is 4.29. The molecule has 0 N–H and O–H groups in total. The molecule has 1 fully saturated rings. The van der Waals surface area contributed by atoms with E-state index < -0.39 is 0 Å². The van der Waals surface area contributed by atoms with Crippen molar-refractivity contribution in [3.8, 4) is 5.69 Å². The molecule has 0 radical (unpaired) electrons. The predicted molar refractivity (Wildman–Crippen MR) is 112 cm³/mol. The number of hydrogen-bond donors (Lipinski definition) is 0. The summed E-state index contributed by atoms with van der Waals surface area (Å²) in [5.74, 6) is 1.38. The smallest absolute Gasteiger partial charge is 0.265 e. The van der Waals surface area contributed by atoms with Gasteiger partial charge in [-0.3, -0.25) is 14.2 Å². The van der Waals surface area contributed by atoms with E-state index in [0.29, 0.717) is 34.3 Å². The van der Waals surface area contributed by atoms with E-state index in [0.717, 1.165) is 25.2 Å². The molecule has 2 aromatic heterocycles. The first-order valence-corrected chi connectivity index (χ1v) is 11.1. The minimum Gasteiger partial charge on any atom is -0.342 e. The highest BCUT2D eigenvalue weighted by Crippen LogP contribution is 2.34. The van der Waals surface area contributed by atoms with Gasteiger partial charge in [-0.15, -0.1) is 0 Å². The lowest BCUT2D eigenvalue weighted by Gasteiger charge is -2.31. The summed E-state index contributed by atoms with van der Waals surface area (Å²) >= 11 is 1.54. The highest BCUT2D eigenvalue weighted by atomic mass is 32.2. The summed E-state index contributed by atoms with van der Waals surface area (Å²) in [6.45, 7) is 3.84. The van der Waals surface area contributed by atoms with Gasteiger partial charge in [-0.1, -0.05) is 36.9 Å². The number of para-hydroxylation sites is 1. The van der Waals surface area contributed by atoms with Gasteiger partial charge in [-0.05, 0) is 30.9 Å². The van der Waals surface area contributed by atoms with Crippen LogP contribution in [-0.4, -0.2) is 49.0 Å². The first kappa shape index (κ1) is 18.4. The number of aromatic nitrogens is 4. The average Bonchev–Trinajstić information content (AvgIpc) is 3.34. The zero-order valence-corrected chi connectivity index (χ0v) is 17.1. The van der Waals surface area contributed by atoms with E-state index in [9.17, 15) is 9.59 Å². The molecule has 0 spiro atoms. The van der Waals surface area contributed by atoms with E-state index in [1.165, 1.54) is 6.42 Å². The molecule has 8 heteroatoms. The molecule has 150 valence electrons. The van der Waals surface area contributed by atoms with Crippen LogP contribution in [-0.2, 0) is 4.79 Å². The van der Waals surface area contributed by atoms with Crippen molar-refractivity contribution in [2.45, 2.75) is 37.4 Å². The van der Waals surface area contributed by atoms with E-state index in [1.807, 2.05) is 35.2 Å². The second-order valence-electron chi connectivity index (χ2n) is 7.95. The maximum absolute atomic E-state index is 13.2. The molecule has 7 nitrogen and oxygen atoms in total. The minimum atomic E-state index is -0.149. The van der Waals surface area contributed by atoms with E-state index in [-0.39, 0.29) is 17.5 Å². The number of amides is 1. The Bertz CT molecular complexity index is 1120. The Hall–Kier alpha value is -2.61. The maximum Gasteiger partial charge on any atom is 0.265 e. The zero-order valence-electron chi connectivity index (χ0n) is 16.3. The number of likely N-dealkylation sites (tertiary alicyclic amines) is 1. The van der Waals surface area contributed by atoms with Crippen LogP contribution >= 0.6 is 11.8 Å². The fraction of sp³-hybridized carbons (Fsp3) is 0.429. The summed E-state index contributed by atoms with van der Waals surface area (Å²) in [6, 6.07) is 9.53. The van der Waals surface area contributed by atoms with Gasteiger partial charge in [0.25, 0.3) is 5.56 Å². The summed E-state index contributed by atoms with van der Waals surface area (Å²) in [5, 5.41) is 5.55. The molecule has 1 saturated heterocycles. The van der Waals surface area contributed by atoms with Crippen LogP contribution in [0, 0.1) is 5.92 Å². The molecule has 2 unspecified atom stereocenters. The number of hydrogen-bond acceptors (Lipinski definition) is 5. The molecule has 3 aromatic rings. The minimum absolute atomic E-state index is 0.109. The van der Waals surface area contributed by atoms with Crippen molar-refractivity contribution < 1.29 is 4.79 Å². The van der Waals surface area contributed by atoms with Crippen molar-refractivity contribution in [1.82, 2.24) is 24.2 Å². The second-order valence-corrected chi connectivity index (χ2v) is 8.94. The number of nitrogens with zero attached hydrogens (tertiary/aromatic N) is 5. The van der Waals surface area contributed by atoms with Crippen molar-refractivity contribution in [3.63, 3.8) is 0 Å². The van der Waals surface area contributed by atoms with Crippen LogP contribution in [0.1, 0.15) is 32.2 Å². The van der Waals surface area contributed by atoms with E-state index in [1.54, 1.807) is 27.2 Å². The van der Waals surface area contributed by atoms with Crippen LogP contribution in [0.25, 0.3) is 16.7 Å². The van der Waals surface area contributed by atoms with Gasteiger partial charge < -0.3 is 4.90 Å². The molecule has 5 rings (SSSR count). The number of fused-ring (bicyclic) bond motifs is 2. The standard InChI is InChI=1S/C21H23N5O2S/c1-14-6-5-9-24(12-14)18(27)10-16-13-29-21-23-19-17(20(28)25(16)21)11-22-26(19)15-7-3-2-4-8-15/h2-4,7-8,11,14,16H,5-6,9-10,12-13H2,1H3. The summed E-state index contributed by atoms with van der Waals surface area (Å²) < 4.78 is 3.40. The lowest BCUT2D eigenvalue weighted by molar-refractivity contribution is -0.133. The van der Waals surface area contributed by atoms with Gasteiger partial charge in [0.15, 0.2) is 10.8 Å². The molecule has 0 bridgehead atoms. The van der Waals surface area contributed by atoms with Gasteiger partial charge in [0.2, 0.25) is 5.91 Å². The molecular weight excluding hydrogens is 386 g/mol. The van der Waals surface area contributed by atoms with Crippen LogP contribution in [0.3, 0.4) is 0 Å². The Morgan fingerprint density at radius 1 is 1.28 bits per heavy atom. The molecule has 2 aliphatic rings. The van der Waals surface area contributed by atoms with Crippen molar-refractivity contribution in [3.05, 3.63) is 46.9 Å². The molecule has 2 atom stereocenters. The van der Waals surface area contributed by atoms with E-state index >= 15 is 0 Å². The van der Waals surface area contributed by atoms with Crippen LogP contribution in [0.5, 0.6) is 0 Å². The molecule has 1 amide bonds. The highest BCUT2D eigenvalue weighted by molar-refractivity contribution is 7.99. The summed E-state index contributed by atoms with van der Waals surface area (Å²) in [7, 11) is 0. The number of benzene rings is 1. The third-order valence-electron chi connectivity index (χ3n) is 5.79. The molecule has 0 saturated carbocycles. The summed E-state index contributed by atoms with van der Waals surface area (Å²) in [5.41, 5.74) is 1.33. The molecule has 1 aromatic carbocycles. The number of piperidine rings is 1. The zero-order chi connectivity index (χ0) is 20.0.